The van der Waals surface area contributed by atoms with Crippen LogP contribution in [0.4, 0.5) is 4.39 Å². The van der Waals surface area contributed by atoms with Gasteiger partial charge in [0, 0.05) is 18.7 Å². The number of benzene rings is 2. The molecule has 24 heavy (non-hydrogen) atoms. The number of hydrogen-bond acceptors (Lipinski definition) is 3. The summed E-state index contributed by atoms with van der Waals surface area (Å²) < 4.78 is 24.5. The summed E-state index contributed by atoms with van der Waals surface area (Å²) >= 11 is 5.82. The third-order valence-corrected chi connectivity index (χ3v) is 4.06. The molecule has 0 unspecified atom stereocenters. The van der Waals surface area contributed by atoms with E-state index >= 15 is 0 Å². The maximum atomic E-state index is 13.3. The molecule has 2 aromatic rings. The molecule has 6 heteroatoms. The highest BCUT2D eigenvalue weighted by molar-refractivity contribution is 6.30. The molecular formula is C18H17ClFNO3. The summed E-state index contributed by atoms with van der Waals surface area (Å²) in [7, 11) is 0. The number of rotatable bonds is 4. The van der Waals surface area contributed by atoms with Gasteiger partial charge in [-0.1, -0.05) is 29.8 Å². The number of ether oxygens (including phenoxy) is 2. The third-order valence-electron chi connectivity index (χ3n) is 3.77. The number of carbonyl (C=O) groups is 1. The Balaban J connectivity index is 1.85. The lowest BCUT2D eigenvalue weighted by atomic mass is 10.1. The zero-order chi connectivity index (χ0) is 17.1. The molecule has 126 valence electrons. The Morgan fingerprint density at radius 3 is 2.92 bits per heavy atom. The summed E-state index contributed by atoms with van der Waals surface area (Å²) in [6.07, 6.45) is 0. The van der Waals surface area contributed by atoms with Crippen molar-refractivity contribution in [3.05, 3.63) is 58.4 Å². The van der Waals surface area contributed by atoms with E-state index in [1.807, 2.05) is 25.1 Å². The molecule has 1 heterocycles. The Morgan fingerprint density at radius 1 is 1.33 bits per heavy atom. The van der Waals surface area contributed by atoms with E-state index in [9.17, 15) is 9.18 Å². The first-order valence-electron chi connectivity index (χ1n) is 7.67. The summed E-state index contributed by atoms with van der Waals surface area (Å²) in [6, 6.07) is 10.1. The average molecular weight is 350 g/mol. The molecule has 1 amide bonds. The van der Waals surface area contributed by atoms with Crippen LogP contribution in [-0.4, -0.2) is 24.0 Å². The van der Waals surface area contributed by atoms with Gasteiger partial charge in [-0.3, -0.25) is 4.79 Å². The van der Waals surface area contributed by atoms with Crippen LogP contribution < -0.4 is 9.47 Å². The molecule has 0 N–H and O–H groups in total. The van der Waals surface area contributed by atoms with Crippen molar-refractivity contribution in [1.82, 2.24) is 4.90 Å². The second-order valence-electron chi connectivity index (χ2n) is 5.46. The molecule has 0 saturated heterocycles. The molecule has 2 aromatic carbocycles. The predicted molar refractivity (Wildman–Crippen MR) is 88.8 cm³/mol. The smallest absolute Gasteiger partial charge is 0.261 e. The molecule has 0 saturated carbocycles. The van der Waals surface area contributed by atoms with Crippen LogP contribution in [0.2, 0.25) is 5.02 Å². The van der Waals surface area contributed by atoms with Gasteiger partial charge in [0.25, 0.3) is 5.91 Å². The van der Waals surface area contributed by atoms with Crippen LogP contribution in [0.5, 0.6) is 11.5 Å². The van der Waals surface area contributed by atoms with E-state index in [1.165, 1.54) is 12.1 Å². The van der Waals surface area contributed by atoms with E-state index < -0.39 is 5.82 Å². The molecule has 0 fully saturated rings. The Hall–Kier alpha value is -2.27. The van der Waals surface area contributed by atoms with Gasteiger partial charge in [-0.2, -0.15) is 0 Å². The van der Waals surface area contributed by atoms with E-state index in [4.69, 9.17) is 21.1 Å². The van der Waals surface area contributed by atoms with Crippen LogP contribution in [0, 0.1) is 5.82 Å². The Bertz CT molecular complexity index is 766. The van der Waals surface area contributed by atoms with Gasteiger partial charge in [0.2, 0.25) is 0 Å². The monoisotopic (exact) mass is 349 g/mol. The molecule has 4 nitrogen and oxygen atoms in total. The number of carbonyl (C=O) groups excluding carboxylic acids is 1. The van der Waals surface area contributed by atoms with Crippen LogP contribution in [0.1, 0.15) is 18.1 Å². The molecule has 1 aliphatic heterocycles. The average Bonchev–Trinajstić information content (AvgIpc) is 2.72. The molecule has 0 atom stereocenters. The lowest BCUT2D eigenvalue weighted by Gasteiger charge is -2.20. The van der Waals surface area contributed by atoms with Crippen LogP contribution in [0.3, 0.4) is 0 Å². The fraction of sp³-hybridized carbons (Fsp3) is 0.278. The molecule has 0 aliphatic carbocycles. The quantitative estimate of drug-likeness (QED) is 0.842. The number of para-hydroxylation sites is 1. The normalized spacial score (nSPS) is 14.0. The van der Waals surface area contributed by atoms with Gasteiger partial charge in [-0.15, -0.1) is 0 Å². The van der Waals surface area contributed by atoms with E-state index in [2.05, 4.69) is 0 Å². The van der Waals surface area contributed by atoms with Crippen molar-refractivity contribution in [2.24, 2.45) is 0 Å². The van der Waals surface area contributed by atoms with Gasteiger partial charge in [-0.05, 0) is 30.7 Å². The van der Waals surface area contributed by atoms with Crippen molar-refractivity contribution in [3.8, 4) is 11.5 Å². The van der Waals surface area contributed by atoms with Gasteiger partial charge in [0.1, 0.15) is 5.82 Å². The van der Waals surface area contributed by atoms with Gasteiger partial charge in [-0.25, -0.2) is 4.39 Å². The summed E-state index contributed by atoms with van der Waals surface area (Å²) in [5, 5.41) is 0.0463. The van der Waals surface area contributed by atoms with Crippen molar-refractivity contribution in [2.75, 3.05) is 13.2 Å². The number of halogens is 2. The van der Waals surface area contributed by atoms with Gasteiger partial charge >= 0.3 is 0 Å². The predicted octanol–water partition coefficient (Wildman–Crippen LogP) is 3.80. The lowest BCUT2D eigenvalue weighted by Crippen LogP contribution is -2.31. The molecule has 3 rings (SSSR count). The van der Waals surface area contributed by atoms with Gasteiger partial charge < -0.3 is 14.4 Å². The highest BCUT2D eigenvalue weighted by atomic mass is 35.5. The highest BCUT2D eigenvalue weighted by Crippen LogP contribution is 2.34. The van der Waals surface area contributed by atoms with Gasteiger partial charge in [0.05, 0.1) is 11.6 Å². The zero-order valence-corrected chi connectivity index (χ0v) is 14.0. The maximum absolute atomic E-state index is 13.3. The Morgan fingerprint density at radius 2 is 2.17 bits per heavy atom. The van der Waals surface area contributed by atoms with Crippen molar-refractivity contribution in [3.63, 3.8) is 0 Å². The number of hydrogen-bond donors (Lipinski definition) is 0. The summed E-state index contributed by atoms with van der Waals surface area (Å²) in [4.78, 5) is 14.0. The third kappa shape index (κ3) is 3.46. The maximum Gasteiger partial charge on any atom is 0.261 e. The molecule has 0 bridgehead atoms. The summed E-state index contributed by atoms with van der Waals surface area (Å²) in [5.74, 6) is 0.619. The number of fused-ring (bicyclic) bond motifs is 1. The zero-order valence-electron chi connectivity index (χ0n) is 13.2. The van der Waals surface area contributed by atoms with Crippen molar-refractivity contribution in [2.45, 2.75) is 20.0 Å². The fourth-order valence-corrected chi connectivity index (χ4v) is 2.84. The molecule has 0 aromatic heterocycles. The van der Waals surface area contributed by atoms with E-state index in [-0.39, 0.29) is 17.5 Å². The van der Waals surface area contributed by atoms with E-state index in [0.29, 0.717) is 31.2 Å². The highest BCUT2D eigenvalue weighted by Gasteiger charge is 2.24. The Labute approximate surface area is 144 Å². The lowest BCUT2D eigenvalue weighted by molar-refractivity contribution is -0.133. The van der Waals surface area contributed by atoms with Crippen LogP contribution >= 0.6 is 11.6 Å². The topological polar surface area (TPSA) is 38.8 Å². The number of amides is 1. The summed E-state index contributed by atoms with van der Waals surface area (Å²) in [6.45, 7) is 3.08. The fourth-order valence-electron chi connectivity index (χ4n) is 2.64. The van der Waals surface area contributed by atoms with Crippen LogP contribution in [0.15, 0.2) is 36.4 Å². The summed E-state index contributed by atoms with van der Waals surface area (Å²) in [5.41, 5.74) is 1.64. The SMILES string of the molecule is CCOc1cccc2c1OCC(=O)N(Cc1ccc(F)c(Cl)c1)C2. The largest absolute Gasteiger partial charge is 0.490 e. The van der Waals surface area contributed by atoms with Crippen molar-refractivity contribution in [1.29, 1.82) is 0 Å². The minimum atomic E-state index is -0.474. The minimum Gasteiger partial charge on any atom is -0.490 e. The van der Waals surface area contributed by atoms with Crippen molar-refractivity contribution >= 4 is 17.5 Å². The molecular weight excluding hydrogens is 333 g/mol. The molecule has 0 radical (unpaired) electrons. The minimum absolute atomic E-state index is 0.0463. The van der Waals surface area contributed by atoms with Crippen LogP contribution in [0.25, 0.3) is 0 Å². The van der Waals surface area contributed by atoms with E-state index in [1.54, 1.807) is 11.0 Å². The first-order valence-corrected chi connectivity index (χ1v) is 8.05. The first kappa shape index (κ1) is 16.6. The van der Waals surface area contributed by atoms with Gasteiger partial charge in [0.15, 0.2) is 18.1 Å². The standard InChI is InChI=1S/C18H17ClFNO3/c1-2-23-16-5-3-4-13-10-21(17(22)11-24-18(13)16)9-12-6-7-15(20)14(19)8-12/h3-8H,2,9-11H2,1H3. The van der Waals surface area contributed by atoms with Crippen molar-refractivity contribution < 1.29 is 18.7 Å². The van der Waals surface area contributed by atoms with E-state index in [0.717, 1.165) is 11.1 Å². The number of nitrogens with zero attached hydrogens (tertiary/aromatic N) is 1. The molecule has 1 aliphatic rings. The second-order valence-corrected chi connectivity index (χ2v) is 5.87. The Kier molecular flexibility index (Phi) is 4.90. The first-order chi connectivity index (χ1) is 11.6. The second kappa shape index (κ2) is 7.09. The van der Waals surface area contributed by atoms with Crippen LogP contribution in [-0.2, 0) is 17.9 Å². The molecule has 0 spiro atoms.